The lowest BCUT2D eigenvalue weighted by Crippen LogP contribution is -2.54. The average molecular weight is 269 g/mol. The van der Waals surface area contributed by atoms with Crippen LogP contribution in [-0.4, -0.2) is 35.6 Å². The Kier molecular flexibility index (Phi) is 4.34. The van der Waals surface area contributed by atoms with Gasteiger partial charge in [-0.05, 0) is 39.8 Å². The van der Waals surface area contributed by atoms with Crippen molar-refractivity contribution < 1.29 is 23.9 Å². The van der Waals surface area contributed by atoms with Gasteiger partial charge >= 0.3 is 12.1 Å². The first-order valence-electron chi connectivity index (χ1n) is 6.09. The van der Waals surface area contributed by atoms with Crippen LogP contribution in [0.5, 0.6) is 0 Å². The highest BCUT2D eigenvalue weighted by Gasteiger charge is 2.44. The molecular weight excluding hydrogens is 250 g/mol. The lowest BCUT2D eigenvalue weighted by molar-refractivity contribution is -0.149. The number of ketones is 1. The minimum absolute atomic E-state index is 0.148. The molecule has 0 heterocycles. The molecule has 1 rings (SSSR count). The predicted octanol–water partition coefficient (Wildman–Crippen LogP) is 1.34. The lowest BCUT2D eigenvalue weighted by Gasteiger charge is -2.27. The molecule has 0 aromatic carbocycles. The van der Waals surface area contributed by atoms with Crippen LogP contribution >= 0.6 is 0 Å². The van der Waals surface area contributed by atoms with Crippen molar-refractivity contribution in [2.75, 3.05) is 6.61 Å². The number of hydrogen-bond acceptors (Lipinski definition) is 5. The largest absolute Gasteiger partial charge is 0.464 e. The summed E-state index contributed by atoms with van der Waals surface area (Å²) in [6, 6.07) is 0. The third-order valence-electron chi connectivity index (χ3n) is 2.37. The fourth-order valence-corrected chi connectivity index (χ4v) is 1.65. The van der Waals surface area contributed by atoms with Gasteiger partial charge in [-0.25, -0.2) is 9.59 Å². The monoisotopic (exact) mass is 269 g/mol. The van der Waals surface area contributed by atoms with Crippen molar-refractivity contribution in [1.82, 2.24) is 5.32 Å². The predicted molar refractivity (Wildman–Crippen MR) is 67.5 cm³/mol. The van der Waals surface area contributed by atoms with Crippen molar-refractivity contribution in [2.45, 2.75) is 45.3 Å². The normalized spacial score (nSPS) is 22.2. The van der Waals surface area contributed by atoms with Gasteiger partial charge in [-0.2, -0.15) is 0 Å². The Morgan fingerprint density at radius 3 is 2.47 bits per heavy atom. The van der Waals surface area contributed by atoms with E-state index in [1.165, 1.54) is 12.2 Å². The number of allylic oxidation sites excluding steroid dienone is 1. The standard InChI is InChI=1S/C13H19NO5/c1-5-18-10(16)13(7-6-9(15)8-13)14-11(17)19-12(2,3)4/h6-7H,5,8H2,1-4H3,(H,14,17). The van der Waals surface area contributed by atoms with Crippen LogP contribution in [0, 0.1) is 0 Å². The Labute approximate surface area is 112 Å². The van der Waals surface area contributed by atoms with Gasteiger partial charge in [0.1, 0.15) is 5.60 Å². The molecule has 0 saturated carbocycles. The molecule has 106 valence electrons. The van der Waals surface area contributed by atoms with Crippen molar-refractivity contribution in [2.24, 2.45) is 0 Å². The summed E-state index contributed by atoms with van der Waals surface area (Å²) in [5.74, 6) is -0.910. The molecule has 0 spiro atoms. The molecule has 1 unspecified atom stereocenters. The molecule has 6 nitrogen and oxygen atoms in total. The maximum absolute atomic E-state index is 11.9. The Balaban J connectivity index is 2.83. The molecule has 1 aliphatic rings. The number of hydrogen-bond donors (Lipinski definition) is 1. The highest BCUT2D eigenvalue weighted by Crippen LogP contribution is 2.23. The first-order valence-corrected chi connectivity index (χ1v) is 6.09. The molecule has 1 N–H and O–H groups in total. The van der Waals surface area contributed by atoms with E-state index < -0.39 is 23.2 Å². The van der Waals surface area contributed by atoms with Gasteiger partial charge in [0.05, 0.1) is 6.61 Å². The third-order valence-corrected chi connectivity index (χ3v) is 2.37. The molecular formula is C13H19NO5. The fraction of sp³-hybridized carbons (Fsp3) is 0.615. The van der Waals surface area contributed by atoms with E-state index in [1.54, 1.807) is 27.7 Å². The number of ether oxygens (including phenoxy) is 2. The number of rotatable bonds is 3. The van der Waals surface area contributed by atoms with Crippen LogP contribution in [0.1, 0.15) is 34.1 Å². The number of carbonyl (C=O) groups excluding carboxylic acids is 3. The maximum atomic E-state index is 11.9. The first-order chi connectivity index (χ1) is 8.68. The Hall–Kier alpha value is -1.85. The molecule has 0 saturated heterocycles. The highest BCUT2D eigenvalue weighted by atomic mass is 16.6. The zero-order valence-corrected chi connectivity index (χ0v) is 11.6. The molecule has 0 aromatic heterocycles. The highest BCUT2D eigenvalue weighted by molar-refractivity contribution is 6.03. The summed E-state index contributed by atoms with van der Waals surface area (Å²) in [5, 5.41) is 2.42. The van der Waals surface area contributed by atoms with Crippen LogP contribution in [0.4, 0.5) is 4.79 Å². The summed E-state index contributed by atoms with van der Waals surface area (Å²) in [6.45, 7) is 6.94. The summed E-state index contributed by atoms with van der Waals surface area (Å²) in [5.41, 5.74) is -2.14. The van der Waals surface area contributed by atoms with Crippen LogP contribution in [0.15, 0.2) is 12.2 Å². The molecule has 1 aliphatic carbocycles. The van der Waals surface area contributed by atoms with E-state index in [9.17, 15) is 14.4 Å². The Morgan fingerprint density at radius 2 is 2.05 bits per heavy atom. The topological polar surface area (TPSA) is 81.7 Å². The van der Waals surface area contributed by atoms with E-state index in [0.29, 0.717) is 0 Å². The molecule has 0 aliphatic heterocycles. The summed E-state index contributed by atoms with van der Waals surface area (Å²) in [6.07, 6.45) is 1.69. The van der Waals surface area contributed by atoms with E-state index in [-0.39, 0.29) is 18.8 Å². The van der Waals surface area contributed by atoms with Crippen LogP contribution in [0.25, 0.3) is 0 Å². The quantitative estimate of drug-likeness (QED) is 0.782. The van der Waals surface area contributed by atoms with Gasteiger partial charge in [0.15, 0.2) is 11.3 Å². The van der Waals surface area contributed by atoms with E-state index >= 15 is 0 Å². The van der Waals surface area contributed by atoms with Gasteiger partial charge in [0.2, 0.25) is 0 Å². The second-order valence-corrected chi connectivity index (χ2v) is 5.30. The SMILES string of the molecule is CCOC(=O)C1(NC(=O)OC(C)(C)C)C=CC(=O)C1. The van der Waals surface area contributed by atoms with E-state index in [0.717, 1.165) is 0 Å². The summed E-state index contributed by atoms with van der Waals surface area (Å²) in [7, 11) is 0. The van der Waals surface area contributed by atoms with Gasteiger partial charge < -0.3 is 14.8 Å². The van der Waals surface area contributed by atoms with Gasteiger partial charge in [-0.1, -0.05) is 0 Å². The Bertz CT molecular complexity index is 421. The molecule has 0 bridgehead atoms. The van der Waals surface area contributed by atoms with Crippen molar-refractivity contribution in [3.05, 3.63) is 12.2 Å². The van der Waals surface area contributed by atoms with Crippen molar-refractivity contribution in [3.63, 3.8) is 0 Å². The minimum atomic E-state index is -1.45. The fourth-order valence-electron chi connectivity index (χ4n) is 1.65. The third kappa shape index (κ3) is 4.08. The van der Waals surface area contributed by atoms with Gasteiger partial charge in [-0.3, -0.25) is 4.79 Å². The van der Waals surface area contributed by atoms with Crippen LogP contribution < -0.4 is 5.32 Å². The molecule has 6 heteroatoms. The van der Waals surface area contributed by atoms with Crippen molar-refractivity contribution >= 4 is 17.8 Å². The first kappa shape index (κ1) is 15.2. The number of alkyl carbamates (subject to hydrolysis) is 1. The summed E-state index contributed by atoms with van der Waals surface area (Å²) in [4.78, 5) is 35.0. The number of nitrogens with one attached hydrogen (secondary N) is 1. The van der Waals surface area contributed by atoms with Gasteiger partial charge in [-0.15, -0.1) is 0 Å². The van der Waals surface area contributed by atoms with E-state index in [2.05, 4.69) is 5.32 Å². The van der Waals surface area contributed by atoms with Crippen LogP contribution in [0.2, 0.25) is 0 Å². The zero-order valence-electron chi connectivity index (χ0n) is 11.6. The van der Waals surface area contributed by atoms with Crippen LogP contribution in [0.3, 0.4) is 0 Å². The maximum Gasteiger partial charge on any atom is 0.408 e. The second-order valence-electron chi connectivity index (χ2n) is 5.30. The number of esters is 1. The average Bonchev–Trinajstić information content (AvgIpc) is 2.58. The van der Waals surface area contributed by atoms with E-state index in [4.69, 9.17) is 9.47 Å². The minimum Gasteiger partial charge on any atom is -0.464 e. The molecule has 19 heavy (non-hydrogen) atoms. The molecule has 0 fully saturated rings. The summed E-state index contributed by atoms with van der Waals surface area (Å²) >= 11 is 0. The van der Waals surface area contributed by atoms with Gasteiger partial charge in [0.25, 0.3) is 0 Å². The van der Waals surface area contributed by atoms with E-state index in [1.807, 2.05) is 0 Å². The molecule has 1 atom stereocenters. The second kappa shape index (κ2) is 5.42. The number of amides is 1. The molecule has 1 amide bonds. The lowest BCUT2D eigenvalue weighted by atomic mass is 9.99. The molecule has 0 aromatic rings. The summed E-state index contributed by atoms with van der Waals surface area (Å²) < 4.78 is 9.98. The zero-order chi connectivity index (χ0) is 14.7. The Morgan fingerprint density at radius 1 is 1.42 bits per heavy atom. The van der Waals surface area contributed by atoms with Crippen molar-refractivity contribution in [1.29, 1.82) is 0 Å². The van der Waals surface area contributed by atoms with Gasteiger partial charge in [0, 0.05) is 6.42 Å². The molecule has 0 radical (unpaired) electrons. The number of carbonyl (C=O) groups is 3. The smallest absolute Gasteiger partial charge is 0.408 e. The van der Waals surface area contributed by atoms with Crippen LogP contribution in [-0.2, 0) is 19.1 Å². The van der Waals surface area contributed by atoms with Crippen molar-refractivity contribution in [3.8, 4) is 0 Å².